The molecule has 0 spiro atoms. The maximum Gasteiger partial charge on any atom is 0.167 e. The average Bonchev–Trinajstić information content (AvgIpc) is 3.07. The van der Waals surface area contributed by atoms with Crippen molar-refractivity contribution >= 4 is 5.78 Å². The number of ketones is 1. The molecule has 2 aromatic rings. The van der Waals surface area contributed by atoms with Crippen molar-refractivity contribution in [3.63, 3.8) is 0 Å². The van der Waals surface area contributed by atoms with Crippen molar-refractivity contribution in [1.82, 2.24) is 9.47 Å². The van der Waals surface area contributed by atoms with E-state index in [1.54, 1.807) is 0 Å². The average molecular weight is 338 g/mol. The van der Waals surface area contributed by atoms with Gasteiger partial charge in [-0.1, -0.05) is 24.3 Å². The molecule has 0 bridgehead atoms. The topological polar surface area (TPSA) is 45.5 Å². The molecule has 1 aliphatic heterocycles. The predicted octanol–water partition coefficient (Wildman–Crippen LogP) is 2.45. The fourth-order valence-electron chi connectivity index (χ4n) is 4.43. The lowest BCUT2D eigenvalue weighted by atomic mass is 9.83. The van der Waals surface area contributed by atoms with Gasteiger partial charge in [-0.15, -0.1) is 0 Å². The summed E-state index contributed by atoms with van der Waals surface area (Å²) in [5.74, 6) is 0.390. The third-order valence-corrected chi connectivity index (χ3v) is 5.91. The molecule has 0 radical (unpaired) electrons. The lowest BCUT2D eigenvalue weighted by Crippen LogP contribution is -2.51. The Labute approximate surface area is 149 Å². The number of aliphatic hydroxyl groups excluding tert-OH is 1. The van der Waals surface area contributed by atoms with E-state index in [2.05, 4.69) is 23.1 Å². The Balaban J connectivity index is 1.40. The van der Waals surface area contributed by atoms with E-state index in [1.807, 2.05) is 36.1 Å². The molecular weight excluding hydrogens is 312 g/mol. The van der Waals surface area contributed by atoms with Gasteiger partial charge in [-0.2, -0.15) is 0 Å². The minimum absolute atomic E-state index is 0.117. The fourth-order valence-corrected chi connectivity index (χ4v) is 4.43. The van der Waals surface area contributed by atoms with E-state index < -0.39 is 0 Å². The second kappa shape index (κ2) is 6.77. The number of Topliss-reactive ketones (excluding diaryl/α,β-unsaturated/α-hetero) is 1. The van der Waals surface area contributed by atoms with Crippen LogP contribution in [-0.2, 0) is 19.9 Å². The highest BCUT2D eigenvalue weighted by molar-refractivity contribution is 5.97. The number of hydrogen-bond acceptors (Lipinski definition) is 3. The third kappa shape index (κ3) is 3.29. The molecule has 0 saturated carbocycles. The molecule has 132 valence electrons. The minimum atomic E-state index is -0.309. The fraction of sp³-hybridized carbons (Fsp3) is 0.476. The van der Waals surface area contributed by atoms with Crippen molar-refractivity contribution in [1.29, 1.82) is 0 Å². The van der Waals surface area contributed by atoms with Crippen molar-refractivity contribution in [2.75, 3.05) is 13.1 Å². The number of carbonyl (C=O) groups excluding carboxylic acids is 1. The van der Waals surface area contributed by atoms with E-state index in [4.69, 9.17) is 0 Å². The van der Waals surface area contributed by atoms with Crippen LogP contribution in [0.3, 0.4) is 0 Å². The summed E-state index contributed by atoms with van der Waals surface area (Å²) in [6.07, 6.45) is 6.96. The Morgan fingerprint density at radius 3 is 2.40 bits per heavy atom. The zero-order chi connectivity index (χ0) is 17.4. The van der Waals surface area contributed by atoms with Gasteiger partial charge in [0.25, 0.3) is 0 Å². The van der Waals surface area contributed by atoms with E-state index in [1.165, 1.54) is 11.1 Å². The SMILES string of the molecule is Cn1ccc(C(=O)C2CCN(C3Cc4ccccc4CC3O)CC2)c1. The summed E-state index contributed by atoms with van der Waals surface area (Å²) in [6.45, 7) is 1.79. The Morgan fingerprint density at radius 1 is 1.08 bits per heavy atom. The molecule has 25 heavy (non-hydrogen) atoms. The lowest BCUT2D eigenvalue weighted by Gasteiger charge is -2.41. The molecule has 1 saturated heterocycles. The molecule has 1 N–H and O–H groups in total. The van der Waals surface area contributed by atoms with Crippen LogP contribution in [0.25, 0.3) is 0 Å². The molecule has 0 amide bonds. The largest absolute Gasteiger partial charge is 0.391 e. The van der Waals surface area contributed by atoms with Crippen LogP contribution in [0, 0.1) is 5.92 Å². The van der Waals surface area contributed by atoms with Crippen LogP contribution in [0.2, 0.25) is 0 Å². The van der Waals surface area contributed by atoms with Gasteiger partial charge in [-0.05, 0) is 49.5 Å². The van der Waals surface area contributed by atoms with Gasteiger partial charge >= 0.3 is 0 Å². The highest BCUT2D eigenvalue weighted by Crippen LogP contribution is 2.29. The summed E-state index contributed by atoms with van der Waals surface area (Å²) in [4.78, 5) is 15.0. The highest BCUT2D eigenvalue weighted by atomic mass is 16.3. The number of likely N-dealkylation sites (tertiary alicyclic amines) is 1. The number of nitrogens with zero attached hydrogens (tertiary/aromatic N) is 2. The van der Waals surface area contributed by atoms with E-state index >= 15 is 0 Å². The van der Waals surface area contributed by atoms with Crippen LogP contribution in [0.1, 0.15) is 34.3 Å². The number of aryl methyl sites for hydroxylation is 1. The zero-order valence-electron chi connectivity index (χ0n) is 14.8. The molecule has 2 aliphatic rings. The van der Waals surface area contributed by atoms with Crippen molar-refractivity contribution in [2.45, 2.75) is 37.8 Å². The molecule has 1 aromatic carbocycles. The Morgan fingerprint density at radius 2 is 1.76 bits per heavy atom. The molecule has 2 unspecified atom stereocenters. The number of aromatic nitrogens is 1. The molecular formula is C21H26N2O2. The summed E-state index contributed by atoms with van der Waals surface area (Å²) in [6, 6.07) is 10.5. The number of rotatable bonds is 3. The van der Waals surface area contributed by atoms with Gasteiger partial charge in [-0.3, -0.25) is 9.69 Å². The number of carbonyl (C=O) groups is 1. The Bertz CT molecular complexity index is 759. The number of hydrogen-bond donors (Lipinski definition) is 1. The normalized spacial score (nSPS) is 24.9. The smallest absolute Gasteiger partial charge is 0.167 e. The van der Waals surface area contributed by atoms with Crippen LogP contribution in [0.4, 0.5) is 0 Å². The van der Waals surface area contributed by atoms with Gasteiger partial charge in [0.2, 0.25) is 0 Å². The van der Waals surface area contributed by atoms with Gasteiger partial charge in [0, 0.05) is 43.4 Å². The van der Waals surface area contributed by atoms with Crippen LogP contribution >= 0.6 is 0 Å². The van der Waals surface area contributed by atoms with E-state index in [0.717, 1.165) is 44.3 Å². The van der Waals surface area contributed by atoms with Crippen LogP contribution in [0.15, 0.2) is 42.7 Å². The predicted molar refractivity (Wildman–Crippen MR) is 97.7 cm³/mol. The monoisotopic (exact) mass is 338 g/mol. The van der Waals surface area contributed by atoms with Gasteiger partial charge in [-0.25, -0.2) is 0 Å². The first kappa shape index (κ1) is 16.6. The van der Waals surface area contributed by atoms with Crippen molar-refractivity contribution in [3.05, 3.63) is 59.4 Å². The maximum atomic E-state index is 12.6. The molecule has 1 fully saturated rings. The summed E-state index contributed by atoms with van der Waals surface area (Å²) < 4.78 is 1.93. The molecule has 4 rings (SSSR count). The minimum Gasteiger partial charge on any atom is -0.391 e. The van der Waals surface area contributed by atoms with Crippen molar-refractivity contribution in [2.24, 2.45) is 13.0 Å². The van der Waals surface area contributed by atoms with Gasteiger partial charge < -0.3 is 9.67 Å². The maximum absolute atomic E-state index is 12.6. The lowest BCUT2D eigenvalue weighted by molar-refractivity contribution is 0.0239. The Kier molecular flexibility index (Phi) is 4.48. The van der Waals surface area contributed by atoms with E-state index in [0.29, 0.717) is 0 Å². The number of piperidine rings is 1. The van der Waals surface area contributed by atoms with Gasteiger partial charge in [0.1, 0.15) is 0 Å². The number of fused-ring (bicyclic) bond motifs is 1. The molecule has 1 aromatic heterocycles. The van der Waals surface area contributed by atoms with Crippen molar-refractivity contribution < 1.29 is 9.90 Å². The number of benzene rings is 1. The Hall–Kier alpha value is -1.91. The van der Waals surface area contributed by atoms with Crippen molar-refractivity contribution in [3.8, 4) is 0 Å². The molecule has 4 heteroatoms. The molecule has 2 heterocycles. The van der Waals surface area contributed by atoms with Crippen LogP contribution in [-0.4, -0.2) is 45.6 Å². The molecule has 1 aliphatic carbocycles. The van der Waals surface area contributed by atoms with E-state index in [-0.39, 0.29) is 23.8 Å². The summed E-state index contributed by atoms with van der Waals surface area (Å²) in [5, 5.41) is 10.6. The standard InChI is InChI=1S/C21H26N2O2/c1-22-9-6-18(14-22)21(25)15-7-10-23(11-8-15)19-12-16-4-2-3-5-17(16)13-20(19)24/h2-6,9,14-15,19-20,24H,7-8,10-13H2,1H3. The molecule has 4 nitrogen and oxygen atoms in total. The van der Waals surface area contributed by atoms with Crippen LogP contribution in [0.5, 0.6) is 0 Å². The highest BCUT2D eigenvalue weighted by Gasteiger charge is 2.35. The summed E-state index contributed by atoms with van der Waals surface area (Å²) >= 11 is 0. The second-order valence-corrected chi connectivity index (χ2v) is 7.55. The summed E-state index contributed by atoms with van der Waals surface area (Å²) in [7, 11) is 1.95. The first-order valence-corrected chi connectivity index (χ1v) is 9.27. The van der Waals surface area contributed by atoms with Crippen LogP contribution < -0.4 is 0 Å². The first-order valence-electron chi connectivity index (χ1n) is 9.27. The van der Waals surface area contributed by atoms with Gasteiger partial charge in [0.15, 0.2) is 5.78 Å². The quantitative estimate of drug-likeness (QED) is 0.875. The van der Waals surface area contributed by atoms with Gasteiger partial charge in [0.05, 0.1) is 6.10 Å². The zero-order valence-corrected chi connectivity index (χ0v) is 14.8. The number of aliphatic hydroxyl groups is 1. The first-order chi connectivity index (χ1) is 12.1. The molecule has 2 atom stereocenters. The summed E-state index contributed by atoms with van der Waals surface area (Å²) in [5.41, 5.74) is 3.47. The second-order valence-electron chi connectivity index (χ2n) is 7.55. The van der Waals surface area contributed by atoms with E-state index in [9.17, 15) is 9.90 Å². The third-order valence-electron chi connectivity index (χ3n) is 5.91.